The van der Waals surface area contributed by atoms with Crippen molar-refractivity contribution in [2.75, 3.05) is 6.54 Å². The molecular formula is C16H21NO3. The van der Waals surface area contributed by atoms with Gasteiger partial charge in [-0.15, -0.1) is 0 Å². The second-order valence-corrected chi connectivity index (χ2v) is 5.98. The van der Waals surface area contributed by atoms with E-state index in [1.165, 1.54) is 0 Å². The summed E-state index contributed by atoms with van der Waals surface area (Å²) in [5.74, 6) is 0.167. The fourth-order valence-corrected chi connectivity index (χ4v) is 3.08. The Kier molecular flexibility index (Phi) is 4.53. The number of benzene rings is 1. The molecule has 4 heteroatoms. The van der Waals surface area contributed by atoms with Gasteiger partial charge in [-0.1, -0.05) is 36.8 Å². The van der Waals surface area contributed by atoms with Crippen LogP contribution < -0.4 is 0 Å². The molecule has 0 aliphatic heterocycles. The van der Waals surface area contributed by atoms with E-state index in [-0.39, 0.29) is 29.1 Å². The van der Waals surface area contributed by atoms with Crippen LogP contribution in [0.25, 0.3) is 0 Å². The molecule has 3 atom stereocenters. The number of hydrogen-bond donors (Lipinski definition) is 0. The number of nitrogens with zero attached hydrogens (tertiary/aromatic N) is 1. The SMILES string of the molecule is Cc1ccc([C@H](C[N+](=O)[O-])[C@@H]2C[C@@H](C)CCC2=O)cc1. The smallest absolute Gasteiger partial charge is 0.211 e. The molecule has 1 aliphatic rings. The van der Waals surface area contributed by atoms with Crippen molar-refractivity contribution in [1.82, 2.24) is 0 Å². The zero-order valence-electron chi connectivity index (χ0n) is 12.0. The van der Waals surface area contributed by atoms with E-state index >= 15 is 0 Å². The van der Waals surface area contributed by atoms with Crippen molar-refractivity contribution in [1.29, 1.82) is 0 Å². The summed E-state index contributed by atoms with van der Waals surface area (Å²) in [5.41, 5.74) is 2.04. The van der Waals surface area contributed by atoms with Crippen LogP contribution in [-0.4, -0.2) is 17.3 Å². The average Bonchev–Trinajstić information content (AvgIpc) is 2.40. The van der Waals surface area contributed by atoms with Gasteiger partial charge in [-0.2, -0.15) is 0 Å². The van der Waals surface area contributed by atoms with Gasteiger partial charge < -0.3 is 0 Å². The number of rotatable bonds is 4. The first-order chi connectivity index (χ1) is 9.47. The highest BCUT2D eigenvalue weighted by molar-refractivity contribution is 5.82. The molecule has 1 fully saturated rings. The molecule has 1 saturated carbocycles. The van der Waals surface area contributed by atoms with Crippen molar-refractivity contribution in [3.63, 3.8) is 0 Å². The lowest BCUT2D eigenvalue weighted by Crippen LogP contribution is -2.32. The summed E-state index contributed by atoms with van der Waals surface area (Å²) in [6.07, 6.45) is 2.24. The van der Waals surface area contributed by atoms with Crippen molar-refractivity contribution in [3.8, 4) is 0 Å². The lowest BCUT2D eigenvalue weighted by atomic mass is 9.72. The number of Topliss-reactive ketones (excluding diaryl/α,β-unsaturated/α-hetero) is 1. The second kappa shape index (κ2) is 6.16. The number of carbonyl (C=O) groups excluding carboxylic acids is 1. The quantitative estimate of drug-likeness (QED) is 0.625. The van der Waals surface area contributed by atoms with Gasteiger partial charge in [0.15, 0.2) is 0 Å². The maximum Gasteiger partial charge on any atom is 0.211 e. The Bertz CT molecular complexity index is 495. The highest BCUT2D eigenvalue weighted by Gasteiger charge is 2.36. The minimum Gasteiger partial charge on any atom is -0.299 e. The van der Waals surface area contributed by atoms with Crippen LogP contribution in [0.3, 0.4) is 0 Å². The van der Waals surface area contributed by atoms with Crippen LogP contribution in [0.1, 0.15) is 43.2 Å². The van der Waals surface area contributed by atoms with Crippen molar-refractivity contribution in [2.45, 2.75) is 39.0 Å². The molecule has 0 unspecified atom stereocenters. The van der Waals surface area contributed by atoms with Gasteiger partial charge in [0.25, 0.3) is 0 Å². The van der Waals surface area contributed by atoms with E-state index in [2.05, 4.69) is 6.92 Å². The molecular weight excluding hydrogens is 254 g/mol. The Morgan fingerprint density at radius 2 is 2.00 bits per heavy atom. The summed E-state index contributed by atoms with van der Waals surface area (Å²) in [5, 5.41) is 11.0. The second-order valence-electron chi connectivity index (χ2n) is 5.98. The van der Waals surface area contributed by atoms with Crippen LogP contribution in [0.2, 0.25) is 0 Å². The Morgan fingerprint density at radius 1 is 1.35 bits per heavy atom. The zero-order valence-corrected chi connectivity index (χ0v) is 12.0. The molecule has 0 heterocycles. The fraction of sp³-hybridized carbons (Fsp3) is 0.562. The minimum absolute atomic E-state index is 0.161. The topological polar surface area (TPSA) is 60.2 Å². The molecule has 108 valence electrons. The predicted molar refractivity (Wildman–Crippen MR) is 77.3 cm³/mol. The molecule has 0 spiro atoms. The van der Waals surface area contributed by atoms with E-state index in [1.54, 1.807) is 0 Å². The van der Waals surface area contributed by atoms with Crippen molar-refractivity contribution < 1.29 is 9.72 Å². The van der Waals surface area contributed by atoms with Gasteiger partial charge in [-0.25, -0.2) is 0 Å². The van der Waals surface area contributed by atoms with Crippen molar-refractivity contribution in [2.24, 2.45) is 11.8 Å². The average molecular weight is 275 g/mol. The van der Waals surface area contributed by atoms with Crippen molar-refractivity contribution >= 4 is 5.78 Å². The van der Waals surface area contributed by atoms with Crippen LogP contribution in [-0.2, 0) is 4.79 Å². The standard InChI is InChI=1S/C16H21NO3/c1-11-3-6-13(7-4-11)15(10-17(19)20)14-9-12(2)5-8-16(14)18/h3-4,6-7,12,14-15H,5,8-10H2,1-2H3/t12-,14-,15-/m0/s1. The van der Waals surface area contributed by atoms with Gasteiger partial charge in [0, 0.05) is 17.3 Å². The van der Waals surface area contributed by atoms with Crippen molar-refractivity contribution in [3.05, 3.63) is 45.5 Å². The monoisotopic (exact) mass is 275 g/mol. The molecule has 20 heavy (non-hydrogen) atoms. The molecule has 1 aromatic rings. The third-order valence-electron chi connectivity index (χ3n) is 4.29. The van der Waals surface area contributed by atoms with E-state index in [0.29, 0.717) is 12.3 Å². The Hall–Kier alpha value is -1.71. The summed E-state index contributed by atoms with van der Waals surface area (Å²) in [7, 11) is 0. The molecule has 0 amide bonds. The van der Waals surface area contributed by atoms with Gasteiger partial charge >= 0.3 is 0 Å². The van der Waals surface area contributed by atoms with E-state index in [1.807, 2.05) is 31.2 Å². The lowest BCUT2D eigenvalue weighted by molar-refractivity contribution is -0.484. The maximum absolute atomic E-state index is 12.2. The largest absolute Gasteiger partial charge is 0.299 e. The number of aryl methyl sites for hydroxylation is 1. The van der Waals surface area contributed by atoms with Crippen LogP contribution in [0.15, 0.2) is 24.3 Å². The van der Waals surface area contributed by atoms with Crippen LogP contribution >= 0.6 is 0 Å². The first-order valence-electron chi connectivity index (χ1n) is 7.18. The van der Waals surface area contributed by atoms with Gasteiger partial charge in [0.05, 0.1) is 5.92 Å². The Morgan fingerprint density at radius 3 is 2.60 bits per heavy atom. The van der Waals surface area contributed by atoms with Crippen LogP contribution in [0.4, 0.5) is 0 Å². The number of hydrogen-bond acceptors (Lipinski definition) is 3. The molecule has 1 aromatic carbocycles. The molecule has 0 radical (unpaired) electrons. The van der Waals surface area contributed by atoms with E-state index in [0.717, 1.165) is 24.0 Å². The highest BCUT2D eigenvalue weighted by Crippen LogP contribution is 2.36. The predicted octanol–water partition coefficient (Wildman–Crippen LogP) is 3.36. The number of ketones is 1. The van der Waals surface area contributed by atoms with E-state index in [4.69, 9.17) is 0 Å². The van der Waals surface area contributed by atoms with Gasteiger partial charge in [-0.05, 0) is 31.2 Å². The number of nitro groups is 1. The van der Waals surface area contributed by atoms with Crippen LogP contribution in [0, 0.1) is 28.9 Å². The summed E-state index contributed by atoms with van der Waals surface area (Å²) < 4.78 is 0. The third-order valence-corrected chi connectivity index (χ3v) is 4.29. The van der Waals surface area contributed by atoms with Gasteiger partial charge in [0.2, 0.25) is 6.54 Å². The Labute approximate surface area is 119 Å². The third kappa shape index (κ3) is 3.44. The summed E-state index contributed by atoms with van der Waals surface area (Å²) in [6.45, 7) is 3.95. The van der Waals surface area contributed by atoms with Gasteiger partial charge in [-0.3, -0.25) is 14.9 Å². The normalized spacial score (nSPS) is 24.4. The molecule has 4 nitrogen and oxygen atoms in total. The molecule has 1 aliphatic carbocycles. The summed E-state index contributed by atoms with van der Waals surface area (Å²) in [6, 6.07) is 7.77. The number of carbonyl (C=O) groups is 1. The molecule has 0 aromatic heterocycles. The Balaban J connectivity index is 2.28. The zero-order chi connectivity index (χ0) is 14.7. The molecule has 0 N–H and O–H groups in total. The lowest BCUT2D eigenvalue weighted by Gasteiger charge is -2.30. The van der Waals surface area contributed by atoms with Crippen LogP contribution in [0.5, 0.6) is 0 Å². The van der Waals surface area contributed by atoms with E-state index < -0.39 is 0 Å². The fourth-order valence-electron chi connectivity index (χ4n) is 3.08. The minimum atomic E-state index is -0.295. The first kappa shape index (κ1) is 14.7. The first-order valence-corrected chi connectivity index (χ1v) is 7.18. The maximum atomic E-state index is 12.2. The summed E-state index contributed by atoms with van der Waals surface area (Å²) in [4.78, 5) is 22.9. The molecule has 2 rings (SSSR count). The van der Waals surface area contributed by atoms with Gasteiger partial charge in [0.1, 0.15) is 5.78 Å². The van der Waals surface area contributed by atoms with E-state index in [9.17, 15) is 14.9 Å². The highest BCUT2D eigenvalue weighted by atomic mass is 16.6. The molecule has 0 saturated heterocycles. The summed E-state index contributed by atoms with van der Waals surface area (Å²) >= 11 is 0. The molecule has 0 bridgehead atoms.